The van der Waals surface area contributed by atoms with Crippen molar-refractivity contribution in [2.45, 2.75) is 72.1 Å². The minimum Gasteiger partial charge on any atom is -0.466 e. The van der Waals surface area contributed by atoms with E-state index in [9.17, 15) is 29.8 Å². The van der Waals surface area contributed by atoms with Crippen LogP contribution in [-0.2, 0) is 25.5 Å². The molecular formula is C28H39BrN2O8. The molecule has 0 bridgehead atoms. The number of carbonyl (C=O) groups is 2. The minimum absolute atomic E-state index is 0.0163. The molecule has 216 valence electrons. The first-order chi connectivity index (χ1) is 18.6. The molecule has 39 heavy (non-hydrogen) atoms. The fourth-order valence-electron chi connectivity index (χ4n) is 3.15. The highest BCUT2D eigenvalue weighted by Gasteiger charge is 2.22. The molecule has 2 aromatic rings. The van der Waals surface area contributed by atoms with E-state index in [4.69, 9.17) is 9.47 Å². The number of ether oxygens (including phenoxy) is 2. The van der Waals surface area contributed by atoms with Crippen LogP contribution in [0.5, 0.6) is 0 Å². The predicted octanol–water partition coefficient (Wildman–Crippen LogP) is 7.31. The largest absolute Gasteiger partial charge is 0.466 e. The summed E-state index contributed by atoms with van der Waals surface area (Å²) >= 11 is 3.31. The van der Waals surface area contributed by atoms with Crippen LogP contribution in [0.3, 0.4) is 0 Å². The van der Waals surface area contributed by atoms with Gasteiger partial charge in [0.15, 0.2) is 0 Å². The van der Waals surface area contributed by atoms with E-state index in [2.05, 4.69) is 29.8 Å². The molecule has 0 fully saturated rings. The Morgan fingerprint density at radius 3 is 1.67 bits per heavy atom. The van der Waals surface area contributed by atoms with E-state index in [-0.39, 0.29) is 35.7 Å². The molecule has 1 unspecified atom stereocenters. The Balaban J connectivity index is 0.000000643. The van der Waals surface area contributed by atoms with Crippen LogP contribution < -0.4 is 0 Å². The highest BCUT2D eigenvalue weighted by molar-refractivity contribution is 9.09. The van der Waals surface area contributed by atoms with E-state index in [1.54, 1.807) is 38.1 Å². The molecule has 0 aliphatic carbocycles. The molecule has 0 spiro atoms. The van der Waals surface area contributed by atoms with Gasteiger partial charge >= 0.3 is 11.9 Å². The fraction of sp³-hybridized carbons (Fsp3) is 0.500. The third-order valence-corrected chi connectivity index (χ3v) is 5.77. The number of nitro benzene ring substituents is 2. The van der Waals surface area contributed by atoms with Gasteiger partial charge < -0.3 is 9.47 Å². The zero-order valence-corrected chi connectivity index (χ0v) is 24.7. The SMILES string of the molecule is CCCCBr.CCCCC(C(=O)OCC)c1ccc([N+](=O)[O-])cc1.CCOC(=O)Cc1ccc([N+](=O)[O-])cc1. The Bertz CT molecular complexity index is 996. The van der Waals surface area contributed by atoms with Crippen molar-refractivity contribution in [3.8, 4) is 0 Å². The summed E-state index contributed by atoms with van der Waals surface area (Å²) < 4.78 is 9.81. The zero-order valence-electron chi connectivity index (χ0n) is 23.1. The number of esters is 2. The summed E-state index contributed by atoms with van der Waals surface area (Å²) in [6.07, 6.45) is 5.35. The number of carbonyl (C=O) groups excluding carboxylic acids is 2. The summed E-state index contributed by atoms with van der Waals surface area (Å²) in [7, 11) is 0. The summed E-state index contributed by atoms with van der Waals surface area (Å²) in [6, 6.07) is 12.0. The van der Waals surface area contributed by atoms with E-state index in [1.165, 1.54) is 37.1 Å². The van der Waals surface area contributed by atoms with Crippen LogP contribution in [0.4, 0.5) is 11.4 Å². The third kappa shape index (κ3) is 15.6. The second-order valence-corrected chi connectivity index (χ2v) is 9.04. The van der Waals surface area contributed by atoms with Crippen LogP contribution in [0.2, 0.25) is 0 Å². The van der Waals surface area contributed by atoms with E-state index >= 15 is 0 Å². The Morgan fingerprint density at radius 1 is 0.795 bits per heavy atom. The van der Waals surface area contributed by atoms with Gasteiger partial charge in [-0.15, -0.1) is 0 Å². The van der Waals surface area contributed by atoms with Crippen LogP contribution in [0, 0.1) is 20.2 Å². The molecule has 0 radical (unpaired) electrons. The van der Waals surface area contributed by atoms with Gasteiger partial charge in [-0.2, -0.15) is 0 Å². The van der Waals surface area contributed by atoms with Crippen LogP contribution in [0.15, 0.2) is 48.5 Å². The lowest BCUT2D eigenvalue weighted by molar-refractivity contribution is -0.385. The standard InChI is InChI=1S/C14H19NO4.C10H11NO4.C4H9Br/c1-3-5-6-13(14(16)19-4-2)11-7-9-12(10-8-11)15(17)18;1-2-15-10(12)7-8-3-5-9(6-4-8)11(13)14;1-2-3-4-5/h7-10,13H,3-6H2,1-2H3;3-6H,2,7H2,1H3;2-4H2,1H3. The number of non-ortho nitro benzene ring substituents is 2. The van der Waals surface area contributed by atoms with Crippen molar-refractivity contribution in [1.29, 1.82) is 0 Å². The Hall–Kier alpha value is -3.34. The monoisotopic (exact) mass is 610 g/mol. The quantitative estimate of drug-likeness (QED) is 0.0994. The van der Waals surface area contributed by atoms with E-state index in [0.29, 0.717) is 25.2 Å². The van der Waals surface area contributed by atoms with Crippen LogP contribution in [0.1, 0.15) is 76.8 Å². The molecule has 0 amide bonds. The molecule has 0 aliphatic rings. The van der Waals surface area contributed by atoms with Crippen molar-refractivity contribution in [2.75, 3.05) is 18.5 Å². The molecule has 11 heteroatoms. The van der Waals surface area contributed by atoms with Crippen molar-refractivity contribution < 1.29 is 28.9 Å². The molecule has 0 saturated heterocycles. The first kappa shape index (κ1) is 35.7. The minimum atomic E-state index is -0.478. The summed E-state index contributed by atoms with van der Waals surface area (Å²) in [4.78, 5) is 43.0. The van der Waals surface area contributed by atoms with Crippen molar-refractivity contribution >= 4 is 39.2 Å². The fourth-order valence-corrected chi connectivity index (χ4v) is 3.71. The normalized spacial score (nSPS) is 10.6. The highest BCUT2D eigenvalue weighted by Crippen LogP contribution is 2.25. The molecule has 0 saturated carbocycles. The number of rotatable bonds is 13. The zero-order chi connectivity index (χ0) is 29.6. The Morgan fingerprint density at radius 2 is 1.28 bits per heavy atom. The number of benzene rings is 2. The molecule has 0 heterocycles. The maximum atomic E-state index is 11.9. The molecule has 0 aliphatic heterocycles. The van der Waals surface area contributed by atoms with Gasteiger partial charge in [0.1, 0.15) is 0 Å². The molecule has 2 rings (SSSR count). The number of alkyl halides is 1. The second-order valence-electron chi connectivity index (χ2n) is 8.24. The summed E-state index contributed by atoms with van der Waals surface area (Å²) in [5, 5.41) is 22.1. The van der Waals surface area contributed by atoms with Gasteiger partial charge in [-0.25, -0.2) is 0 Å². The second kappa shape index (κ2) is 21.6. The van der Waals surface area contributed by atoms with Gasteiger partial charge in [0.25, 0.3) is 11.4 Å². The topological polar surface area (TPSA) is 139 Å². The van der Waals surface area contributed by atoms with Gasteiger partial charge in [-0.05, 0) is 37.8 Å². The number of unbranched alkanes of at least 4 members (excludes halogenated alkanes) is 2. The molecule has 1 atom stereocenters. The van der Waals surface area contributed by atoms with Gasteiger partial charge in [0.2, 0.25) is 0 Å². The molecule has 0 N–H and O–H groups in total. The Kier molecular flexibility index (Phi) is 19.7. The van der Waals surface area contributed by atoms with Crippen LogP contribution in [0.25, 0.3) is 0 Å². The maximum Gasteiger partial charge on any atom is 0.313 e. The lowest BCUT2D eigenvalue weighted by atomic mass is 9.93. The molecular weight excluding hydrogens is 572 g/mol. The van der Waals surface area contributed by atoms with Crippen molar-refractivity contribution in [2.24, 2.45) is 0 Å². The van der Waals surface area contributed by atoms with Gasteiger partial charge in [-0.3, -0.25) is 29.8 Å². The van der Waals surface area contributed by atoms with Gasteiger partial charge in [0.05, 0.1) is 35.4 Å². The average Bonchev–Trinajstić information content (AvgIpc) is 2.91. The number of halogens is 1. The first-order valence-electron chi connectivity index (χ1n) is 13.0. The predicted molar refractivity (Wildman–Crippen MR) is 154 cm³/mol. The number of hydrogen-bond acceptors (Lipinski definition) is 8. The maximum absolute atomic E-state index is 11.9. The van der Waals surface area contributed by atoms with E-state index < -0.39 is 9.85 Å². The molecule has 2 aromatic carbocycles. The van der Waals surface area contributed by atoms with Crippen molar-refractivity contribution in [3.63, 3.8) is 0 Å². The average molecular weight is 612 g/mol. The van der Waals surface area contributed by atoms with Crippen LogP contribution in [-0.4, -0.2) is 40.3 Å². The summed E-state index contributed by atoms with van der Waals surface area (Å²) in [6.45, 7) is 8.41. The number of hydrogen-bond donors (Lipinski definition) is 0. The third-order valence-electron chi connectivity index (χ3n) is 5.21. The summed E-state index contributed by atoms with van der Waals surface area (Å²) in [5.41, 5.74) is 1.53. The van der Waals surface area contributed by atoms with E-state index in [0.717, 1.165) is 23.7 Å². The van der Waals surface area contributed by atoms with Gasteiger partial charge in [-0.1, -0.05) is 73.3 Å². The van der Waals surface area contributed by atoms with Gasteiger partial charge in [0, 0.05) is 29.6 Å². The lowest BCUT2D eigenvalue weighted by Gasteiger charge is -2.15. The molecule has 0 aromatic heterocycles. The highest BCUT2D eigenvalue weighted by atomic mass is 79.9. The number of nitrogens with zero attached hydrogens (tertiary/aromatic N) is 2. The van der Waals surface area contributed by atoms with E-state index in [1.807, 2.05) is 0 Å². The Labute approximate surface area is 238 Å². The van der Waals surface area contributed by atoms with Crippen molar-refractivity contribution in [3.05, 3.63) is 79.9 Å². The first-order valence-corrected chi connectivity index (χ1v) is 14.1. The van der Waals surface area contributed by atoms with Crippen LogP contribution >= 0.6 is 15.9 Å². The lowest BCUT2D eigenvalue weighted by Crippen LogP contribution is -2.16. The smallest absolute Gasteiger partial charge is 0.313 e. The van der Waals surface area contributed by atoms with Crippen molar-refractivity contribution in [1.82, 2.24) is 0 Å². The molecule has 10 nitrogen and oxygen atoms in total. The number of nitro groups is 2. The summed E-state index contributed by atoms with van der Waals surface area (Å²) in [5.74, 6) is -0.920.